The minimum atomic E-state index is -0.276. The Morgan fingerprint density at radius 1 is 1.46 bits per heavy atom. The fraction of sp³-hybridized carbons (Fsp3) is 0.200. The van der Waals surface area contributed by atoms with Crippen molar-refractivity contribution in [1.29, 1.82) is 0 Å². The molecule has 66 valence electrons. The van der Waals surface area contributed by atoms with Crippen LogP contribution in [0.5, 0.6) is 0 Å². The summed E-state index contributed by atoms with van der Waals surface area (Å²) in [7, 11) is 0. The number of carbonyl (C=O) groups is 1. The fourth-order valence-electron chi connectivity index (χ4n) is 0.737. The molecule has 0 aliphatic rings. The minimum Gasteiger partial charge on any atom is -0.464 e. The van der Waals surface area contributed by atoms with Crippen molar-refractivity contribution in [2.24, 2.45) is 0 Å². The predicted octanol–water partition coefficient (Wildman–Crippen LogP) is 2.11. The van der Waals surface area contributed by atoms with E-state index in [0.717, 1.165) is 0 Å². The number of carbonyl (C=O) groups excluding carboxylic acids is 1. The Morgan fingerprint density at radius 3 is 2.46 bits per heavy atom. The monoisotopic (exact) mass is 228 g/mol. The van der Waals surface area contributed by atoms with Gasteiger partial charge in [0.1, 0.15) is 0 Å². The fourth-order valence-corrected chi connectivity index (χ4v) is 0.737. The van der Waals surface area contributed by atoms with Crippen LogP contribution < -0.4 is 0 Å². The number of esters is 1. The molecule has 1 aromatic rings. The SMILES string of the molecule is CCOC(=O)c1cc[c-]cc1.[CH3-].[Zn+2]. The van der Waals surface area contributed by atoms with E-state index in [2.05, 4.69) is 6.07 Å². The van der Waals surface area contributed by atoms with E-state index in [-0.39, 0.29) is 32.9 Å². The van der Waals surface area contributed by atoms with Gasteiger partial charge < -0.3 is 12.2 Å². The maximum absolute atomic E-state index is 11.0. The number of ether oxygens (including phenoxy) is 1. The van der Waals surface area contributed by atoms with Gasteiger partial charge in [-0.2, -0.15) is 30.3 Å². The van der Waals surface area contributed by atoms with Crippen LogP contribution in [0.2, 0.25) is 0 Å². The normalized spacial score (nSPS) is 7.77. The van der Waals surface area contributed by atoms with Crippen molar-refractivity contribution in [3.63, 3.8) is 0 Å². The number of rotatable bonds is 2. The van der Waals surface area contributed by atoms with Crippen LogP contribution in [0.3, 0.4) is 0 Å². The minimum absolute atomic E-state index is 0. The molecule has 0 aromatic heterocycles. The van der Waals surface area contributed by atoms with Crippen LogP contribution in [-0.2, 0) is 24.2 Å². The van der Waals surface area contributed by atoms with E-state index in [1.807, 2.05) is 0 Å². The second-order valence-corrected chi connectivity index (χ2v) is 2.01. The first kappa shape index (κ1) is 14.8. The molecule has 1 rings (SSSR count). The predicted molar refractivity (Wildman–Crippen MR) is 47.6 cm³/mol. The first-order chi connectivity index (χ1) is 5.34. The molecule has 2 nitrogen and oxygen atoms in total. The first-order valence-electron chi connectivity index (χ1n) is 3.48. The third kappa shape index (κ3) is 4.79. The van der Waals surface area contributed by atoms with E-state index in [0.29, 0.717) is 12.2 Å². The summed E-state index contributed by atoms with van der Waals surface area (Å²) < 4.78 is 4.78. The van der Waals surface area contributed by atoms with E-state index < -0.39 is 0 Å². The van der Waals surface area contributed by atoms with E-state index >= 15 is 0 Å². The molecule has 0 atom stereocenters. The third-order valence-electron chi connectivity index (χ3n) is 1.23. The summed E-state index contributed by atoms with van der Waals surface area (Å²) in [5, 5.41) is 0. The zero-order valence-electron chi connectivity index (χ0n) is 8.04. The molecule has 3 heteroatoms. The molecule has 1 aromatic carbocycles. The molecule has 0 heterocycles. The molecule has 0 bridgehead atoms. The van der Waals surface area contributed by atoms with Crippen LogP contribution in [0.15, 0.2) is 24.3 Å². The Balaban J connectivity index is 0. The number of hydrogen-bond donors (Lipinski definition) is 0. The van der Waals surface area contributed by atoms with Gasteiger partial charge in [0.05, 0.1) is 6.61 Å². The van der Waals surface area contributed by atoms with E-state index in [1.165, 1.54) is 0 Å². The van der Waals surface area contributed by atoms with Gasteiger partial charge in [-0.1, -0.05) is 0 Å². The van der Waals surface area contributed by atoms with E-state index in [4.69, 9.17) is 4.74 Å². The second kappa shape index (κ2) is 7.94. The van der Waals surface area contributed by atoms with Crippen molar-refractivity contribution in [3.05, 3.63) is 43.3 Å². The van der Waals surface area contributed by atoms with Crippen LogP contribution in [0.4, 0.5) is 0 Å². The summed E-state index contributed by atoms with van der Waals surface area (Å²) in [5.41, 5.74) is 0.575. The molecule has 0 radical (unpaired) electrons. The molecule has 0 unspecified atom stereocenters. The zero-order chi connectivity index (χ0) is 8.10. The van der Waals surface area contributed by atoms with Crippen molar-refractivity contribution in [3.8, 4) is 0 Å². The zero-order valence-corrected chi connectivity index (χ0v) is 11.0. The molecular weight excluding hydrogens is 217 g/mol. The number of hydrogen-bond acceptors (Lipinski definition) is 2. The third-order valence-corrected chi connectivity index (χ3v) is 1.23. The maximum atomic E-state index is 11.0. The Morgan fingerprint density at radius 2 is 2.00 bits per heavy atom. The van der Waals surface area contributed by atoms with Crippen molar-refractivity contribution in [2.45, 2.75) is 6.92 Å². The van der Waals surface area contributed by atoms with E-state index in [1.54, 1.807) is 31.2 Å². The van der Waals surface area contributed by atoms with Gasteiger partial charge in [0, 0.05) is 0 Å². The molecule has 0 aliphatic heterocycles. The van der Waals surface area contributed by atoms with Crippen molar-refractivity contribution in [1.82, 2.24) is 0 Å². The summed E-state index contributed by atoms with van der Waals surface area (Å²) >= 11 is 0. The molecule has 0 N–H and O–H groups in total. The van der Waals surface area contributed by atoms with Crippen LogP contribution in [0, 0.1) is 13.5 Å². The van der Waals surface area contributed by atoms with Crippen molar-refractivity contribution < 1.29 is 29.0 Å². The van der Waals surface area contributed by atoms with Crippen LogP contribution in [0.25, 0.3) is 0 Å². The van der Waals surface area contributed by atoms with Gasteiger partial charge in [-0.25, -0.2) is 4.79 Å². The largest absolute Gasteiger partial charge is 2.00 e. The molecule has 0 aliphatic carbocycles. The summed E-state index contributed by atoms with van der Waals surface area (Å²) in [5.74, 6) is -0.276. The van der Waals surface area contributed by atoms with Crippen molar-refractivity contribution in [2.75, 3.05) is 6.61 Å². The molecule has 0 saturated heterocycles. The smallest absolute Gasteiger partial charge is 0.464 e. The first-order valence-corrected chi connectivity index (χ1v) is 3.48. The maximum Gasteiger partial charge on any atom is 2.00 e. The quantitative estimate of drug-likeness (QED) is 0.441. The molecular formula is C10H12O2Zn. The summed E-state index contributed by atoms with van der Waals surface area (Å²) in [6.45, 7) is 2.20. The van der Waals surface area contributed by atoms with Gasteiger partial charge in [0.15, 0.2) is 0 Å². The average molecular weight is 230 g/mol. The van der Waals surface area contributed by atoms with Gasteiger partial charge in [-0.15, -0.1) is 0 Å². The standard InChI is InChI=1S/C9H9O2.CH3.Zn/c1-2-11-9(10)8-6-4-3-5-7-8;;/h4-7H,2H2,1H3;1H3;/q2*-1;+2. The molecule has 0 saturated carbocycles. The van der Waals surface area contributed by atoms with Gasteiger partial charge in [0.25, 0.3) is 0 Å². The van der Waals surface area contributed by atoms with Crippen LogP contribution in [0.1, 0.15) is 17.3 Å². The van der Waals surface area contributed by atoms with Gasteiger partial charge in [-0.3, -0.25) is 0 Å². The molecule has 0 spiro atoms. The van der Waals surface area contributed by atoms with Crippen molar-refractivity contribution >= 4 is 5.97 Å². The van der Waals surface area contributed by atoms with Crippen LogP contribution in [-0.4, -0.2) is 12.6 Å². The Labute approximate surface area is 92.1 Å². The Kier molecular flexibility index (Phi) is 9.05. The molecule has 0 amide bonds. The Hall–Kier alpha value is -0.687. The summed E-state index contributed by atoms with van der Waals surface area (Å²) in [6.07, 6.45) is 0. The average Bonchev–Trinajstić information content (AvgIpc) is 2.07. The number of benzene rings is 1. The summed E-state index contributed by atoms with van der Waals surface area (Å²) in [4.78, 5) is 11.0. The van der Waals surface area contributed by atoms with Gasteiger partial charge in [-0.05, 0) is 12.5 Å². The van der Waals surface area contributed by atoms with Crippen LogP contribution >= 0.6 is 0 Å². The summed E-state index contributed by atoms with van der Waals surface area (Å²) in [6, 6.07) is 9.55. The topological polar surface area (TPSA) is 26.3 Å². The van der Waals surface area contributed by atoms with Gasteiger partial charge in [0.2, 0.25) is 0 Å². The molecule has 0 fully saturated rings. The molecule has 13 heavy (non-hydrogen) atoms. The Bertz CT molecular complexity index is 234. The van der Waals surface area contributed by atoms with Gasteiger partial charge >= 0.3 is 25.4 Å². The second-order valence-electron chi connectivity index (χ2n) is 2.01. The van der Waals surface area contributed by atoms with E-state index in [9.17, 15) is 4.79 Å².